The van der Waals surface area contributed by atoms with Crippen LogP contribution in [0.25, 0.3) is 10.9 Å². The first-order valence-electron chi connectivity index (χ1n) is 7.85. The van der Waals surface area contributed by atoms with Crippen molar-refractivity contribution in [2.24, 2.45) is 0 Å². The van der Waals surface area contributed by atoms with Gasteiger partial charge in [0, 0.05) is 5.56 Å². The number of fused-ring (bicyclic) bond motifs is 1. The van der Waals surface area contributed by atoms with Crippen LogP contribution < -0.4 is 5.56 Å². The zero-order valence-electron chi connectivity index (χ0n) is 13.6. The summed E-state index contributed by atoms with van der Waals surface area (Å²) in [5.74, 6) is 0. The molecule has 4 heteroatoms. The topological polar surface area (TPSA) is 34.9 Å². The van der Waals surface area contributed by atoms with Crippen LogP contribution in [0.2, 0.25) is 0 Å². The molecule has 1 heterocycles. The highest BCUT2D eigenvalue weighted by molar-refractivity contribution is 5.76. The van der Waals surface area contributed by atoms with Gasteiger partial charge in [-0.3, -0.25) is 9.36 Å². The summed E-state index contributed by atoms with van der Waals surface area (Å²) < 4.78 is 2.54. The van der Waals surface area contributed by atoms with E-state index in [0.717, 1.165) is 23.1 Å². The van der Waals surface area contributed by atoms with E-state index in [1.54, 1.807) is 10.9 Å². The maximum atomic E-state index is 12.5. The van der Waals surface area contributed by atoms with E-state index >= 15 is 0 Å². The number of rotatable bonds is 5. The van der Waals surface area contributed by atoms with Crippen molar-refractivity contribution < 1.29 is 4.48 Å². The fourth-order valence-corrected chi connectivity index (χ4v) is 2.80. The summed E-state index contributed by atoms with van der Waals surface area (Å²) in [6.07, 6.45) is 1.66. The van der Waals surface area contributed by atoms with Crippen LogP contribution in [-0.2, 0) is 13.1 Å². The van der Waals surface area contributed by atoms with Crippen LogP contribution in [0, 0.1) is 0 Å². The summed E-state index contributed by atoms with van der Waals surface area (Å²) in [6, 6.07) is 17.9. The highest BCUT2D eigenvalue weighted by Gasteiger charge is 2.16. The van der Waals surface area contributed by atoms with E-state index in [4.69, 9.17) is 0 Å². The van der Waals surface area contributed by atoms with Crippen molar-refractivity contribution in [3.05, 3.63) is 76.8 Å². The molecule has 0 bridgehead atoms. The van der Waals surface area contributed by atoms with Crippen LogP contribution in [0.3, 0.4) is 0 Å². The lowest BCUT2D eigenvalue weighted by Crippen LogP contribution is -2.42. The van der Waals surface area contributed by atoms with Gasteiger partial charge in [-0.05, 0) is 12.1 Å². The molecule has 0 aliphatic rings. The Hall–Kier alpha value is -2.46. The number of hydrogen-bond acceptors (Lipinski definition) is 2. The Balaban J connectivity index is 1.75. The predicted molar refractivity (Wildman–Crippen MR) is 93.1 cm³/mol. The minimum atomic E-state index is 0.0373. The molecular formula is C19H22N3O+. The van der Waals surface area contributed by atoms with Gasteiger partial charge >= 0.3 is 0 Å². The van der Waals surface area contributed by atoms with Gasteiger partial charge < -0.3 is 4.48 Å². The molecule has 0 saturated carbocycles. The summed E-state index contributed by atoms with van der Waals surface area (Å²) in [4.78, 5) is 16.9. The molecule has 0 atom stereocenters. The van der Waals surface area contributed by atoms with Crippen molar-refractivity contribution in [1.82, 2.24) is 9.55 Å². The predicted octanol–water partition coefficient (Wildman–Crippen LogP) is 2.67. The molecule has 2 aromatic carbocycles. The number of benzene rings is 2. The lowest BCUT2D eigenvalue weighted by molar-refractivity contribution is -0.904. The molecule has 3 rings (SSSR count). The van der Waals surface area contributed by atoms with E-state index in [1.165, 1.54) is 5.56 Å². The van der Waals surface area contributed by atoms with Crippen molar-refractivity contribution in [2.45, 2.75) is 13.1 Å². The van der Waals surface area contributed by atoms with Crippen molar-refractivity contribution >= 4 is 10.9 Å². The van der Waals surface area contributed by atoms with Crippen LogP contribution >= 0.6 is 0 Å². The highest BCUT2D eigenvalue weighted by atomic mass is 16.1. The van der Waals surface area contributed by atoms with Crippen molar-refractivity contribution in [3.8, 4) is 0 Å². The molecule has 1 aromatic heterocycles. The molecule has 0 aliphatic heterocycles. The highest BCUT2D eigenvalue weighted by Crippen LogP contribution is 2.10. The van der Waals surface area contributed by atoms with Gasteiger partial charge in [-0.2, -0.15) is 0 Å². The number of hydrogen-bond donors (Lipinski definition) is 0. The van der Waals surface area contributed by atoms with Crippen LogP contribution in [0.1, 0.15) is 5.56 Å². The van der Waals surface area contributed by atoms with Gasteiger partial charge in [-0.1, -0.05) is 42.5 Å². The normalized spacial score (nSPS) is 11.7. The second kappa shape index (κ2) is 6.34. The quantitative estimate of drug-likeness (QED) is 0.679. The molecule has 0 N–H and O–H groups in total. The largest absolute Gasteiger partial charge is 0.323 e. The van der Waals surface area contributed by atoms with Gasteiger partial charge in [0.05, 0.1) is 44.4 Å². The molecule has 23 heavy (non-hydrogen) atoms. The standard InChI is InChI=1S/C19H22N3O/c1-22(2,14-16-8-4-3-5-9-16)13-12-21-15-20-18-11-7-6-10-17(18)19(21)23/h3-11,15H,12-14H2,1-2H3/q+1. The van der Waals surface area contributed by atoms with Crippen LogP contribution in [0.5, 0.6) is 0 Å². The summed E-state index contributed by atoms with van der Waals surface area (Å²) >= 11 is 0. The minimum Gasteiger partial charge on any atom is -0.323 e. The zero-order chi connectivity index (χ0) is 16.3. The zero-order valence-corrected chi connectivity index (χ0v) is 13.6. The third kappa shape index (κ3) is 3.66. The average molecular weight is 308 g/mol. The Bertz CT molecular complexity index is 853. The lowest BCUT2D eigenvalue weighted by atomic mass is 10.2. The number of aromatic nitrogens is 2. The maximum Gasteiger partial charge on any atom is 0.261 e. The molecule has 118 valence electrons. The summed E-state index contributed by atoms with van der Waals surface area (Å²) in [5.41, 5.74) is 2.10. The Labute approximate surface area is 136 Å². The second-order valence-electron chi connectivity index (χ2n) is 6.56. The Morgan fingerprint density at radius 2 is 1.70 bits per heavy atom. The first-order chi connectivity index (χ1) is 11.1. The van der Waals surface area contributed by atoms with Crippen LogP contribution in [-0.4, -0.2) is 34.7 Å². The van der Waals surface area contributed by atoms with Crippen molar-refractivity contribution in [2.75, 3.05) is 20.6 Å². The molecule has 0 spiro atoms. The lowest BCUT2D eigenvalue weighted by Gasteiger charge is -2.30. The molecule has 0 fully saturated rings. The Kier molecular flexibility index (Phi) is 4.26. The van der Waals surface area contributed by atoms with E-state index in [1.807, 2.05) is 30.3 Å². The maximum absolute atomic E-state index is 12.5. The molecule has 0 amide bonds. The summed E-state index contributed by atoms with van der Waals surface area (Å²) in [6.45, 7) is 2.47. The molecule has 0 radical (unpaired) electrons. The van der Waals surface area contributed by atoms with Gasteiger partial charge in [-0.15, -0.1) is 0 Å². The molecule has 4 nitrogen and oxygen atoms in total. The van der Waals surface area contributed by atoms with E-state index in [0.29, 0.717) is 11.9 Å². The van der Waals surface area contributed by atoms with Crippen molar-refractivity contribution in [3.63, 3.8) is 0 Å². The van der Waals surface area contributed by atoms with E-state index in [2.05, 4.69) is 43.3 Å². The first kappa shape index (κ1) is 15.4. The number of nitrogens with zero attached hydrogens (tertiary/aromatic N) is 3. The monoisotopic (exact) mass is 308 g/mol. The third-order valence-electron chi connectivity index (χ3n) is 4.13. The molecule has 0 unspecified atom stereocenters. The third-order valence-corrected chi connectivity index (χ3v) is 4.13. The van der Waals surface area contributed by atoms with Gasteiger partial charge in [0.1, 0.15) is 6.54 Å². The second-order valence-corrected chi connectivity index (χ2v) is 6.56. The van der Waals surface area contributed by atoms with Crippen LogP contribution in [0.4, 0.5) is 0 Å². The number of likely N-dealkylation sites (N-methyl/N-ethyl adjacent to an activating group) is 1. The molecule has 0 aliphatic carbocycles. The number of para-hydroxylation sites is 1. The van der Waals surface area contributed by atoms with Crippen LogP contribution in [0.15, 0.2) is 65.7 Å². The minimum absolute atomic E-state index is 0.0373. The van der Waals surface area contributed by atoms with Gasteiger partial charge in [-0.25, -0.2) is 4.98 Å². The average Bonchev–Trinajstić information content (AvgIpc) is 2.55. The Morgan fingerprint density at radius 3 is 2.48 bits per heavy atom. The van der Waals surface area contributed by atoms with Gasteiger partial charge in [0.15, 0.2) is 0 Å². The SMILES string of the molecule is C[N+](C)(CCn1cnc2ccccc2c1=O)Cc1ccccc1. The fourth-order valence-electron chi connectivity index (χ4n) is 2.80. The Morgan fingerprint density at radius 1 is 1.00 bits per heavy atom. The van der Waals surface area contributed by atoms with E-state index in [-0.39, 0.29) is 5.56 Å². The fraction of sp³-hybridized carbons (Fsp3) is 0.263. The molecular weight excluding hydrogens is 286 g/mol. The van der Waals surface area contributed by atoms with E-state index < -0.39 is 0 Å². The van der Waals surface area contributed by atoms with Gasteiger partial charge in [0.2, 0.25) is 0 Å². The van der Waals surface area contributed by atoms with Gasteiger partial charge in [0.25, 0.3) is 5.56 Å². The number of quaternary nitrogens is 1. The summed E-state index contributed by atoms with van der Waals surface area (Å²) in [7, 11) is 4.37. The summed E-state index contributed by atoms with van der Waals surface area (Å²) in [5, 5.41) is 0.684. The van der Waals surface area contributed by atoms with E-state index in [9.17, 15) is 4.79 Å². The first-order valence-corrected chi connectivity index (χ1v) is 7.85. The smallest absolute Gasteiger partial charge is 0.261 e. The molecule has 0 saturated heterocycles. The van der Waals surface area contributed by atoms with Crippen molar-refractivity contribution in [1.29, 1.82) is 0 Å². The molecule has 3 aromatic rings.